The molecule has 0 aromatic carbocycles. The summed E-state index contributed by atoms with van der Waals surface area (Å²) in [5, 5.41) is 0. The van der Waals surface area contributed by atoms with Crippen molar-refractivity contribution in [2.45, 2.75) is 0 Å². The molecule has 0 amide bonds. The van der Waals surface area contributed by atoms with E-state index in [1.54, 1.807) is 0 Å². The number of phosphoric acid groups is 1. The molecule has 13 heavy (non-hydrogen) atoms. The smallest absolute Gasteiger partial charge is 0.236 e. The van der Waals surface area contributed by atoms with Gasteiger partial charge in [-0.25, -0.2) is 7.11 Å². The van der Waals surface area contributed by atoms with Crippen molar-refractivity contribution in [2.75, 3.05) is 34.3 Å². The number of hydrogen-bond donors (Lipinski definition) is 0. The summed E-state index contributed by atoms with van der Waals surface area (Å²) in [5.41, 5.74) is 0. The van der Waals surface area contributed by atoms with Crippen LogP contribution in [0.25, 0.3) is 0 Å². The molecule has 0 heterocycles. The summed E-state index contributed by atoms with van der Waals surface area (Å²) in [5.74, 6) is 0. The van der Waals surface area contributed by atoms with Gasteiger partial charge in [0, 0.05) is 21.1 Å². The fraction of sp³-hybridized carbons (Fsp3) is 0.833. The minimum Gasteiger partial charge on any atom is -0.758 e. The van der Waals surface area contributed by atoms with Crippen LogP contribution in [0.5, 0.6) is 0 Å². The van der Waals surface area contributed by atoms with E-state index in [2.05, 4.69) is 16.2 Å². The van der Waals surface area contributed by atoms with Crippen molar-refractivity contribution in [1.82, 2.24) is 0 Å². The molecule has 0 saturated carbocycles. The Morgan fingerprint density at radius 2 is 1.92 bits per heavy atom. The summed E-state index contributed by atoms with van der Waals surface area (Å²) >= 11 is 0. The van der Waals surface area contributed by atoms with E-state index in [1.165, 1.54) is 0 Å². The Bertz CT molecular complexity index is 182. The Hall–Kier alpha value is 0.758. The first-order chi connectivity index (χ1) is 5.27. The maximum atomic E-state index is 10.6. The first kappa shape index (κ1) is 16.2. The summed E-state index contributed by atoms with van der Waals surface area (Å²) < 4.78 is 19.6. The standard InChI is InChI=1S/C6H16NO4P.W/c1-7(2,3)5-6-11-12(8,9)10-4;/h4-6H2,1-3H3,(H,8,9);/p-1. The largest absolute Gasteiger partial charge is 0.758 e. The minimum absolute atomic E-state index is 0. The Morgan fingerprint density at radius 1 is 1.46 bits per heavy atom. The van der Waals surface area contributed by atoms with Crippen molar-refractivity contribution in [3.8, 4) is 0 Å². The van der Waals surface area contributed by atoms with E-state index in [1.807, 2.05) is 21.1 Å². The van der Waals surface area contributed by atoms with Crippen molar-refractivity contribution in [3.63, 3.8) is 0 Å². The van der Waals surface area contributed by atoms with Crippen molar-refractivity contribution >= 4 is 7.82 Å². The van der Waals surface area contributed by atoms with Gasteiger partial charge >= 0.3 is 0 Å². The Morgan fingerprint density at radius 3 is 2.23 bits per heavy atom. The average molecular weight is 380 g/mol. The van der Waals surface area contributed by atoms with E-state index in [-0.39, 0.29) is 27.7 Å². The van der Waals surface area contributed by atoms with Gasteiger partial charge in [0.2, 0.25) is 7.82 Å². The average Bonchev–Trinajstić information content (AvgIpc) is 1.84. The van der Waals surface area contributed by atoms with E-state index in [0.717, 1.165) is 0 Å². The molecule has 0 N–H and O–H groups in total. The molecule has 7 heteroatoms. The van der Waals surface area contributed by atoms with Gasteiger partial charge in [0.25, 0.3) is 0 Å². The topological polar surface area (TPSA) is 58.6 Å². The molecule has 0 spiro atoms. The summed E-state index contributed by atoms with van der Waals surface area (Å²) in [4.78, 5) is 10.6. The van der Waals surface area contributed by atoms with Crippen LogP contribution in [0, 0.1) is 7.11 Å². The Balaban J connectivity index is 0. The third-order valence-electron chi connectivity index (χ3n) is 1.17. The quantitative estimate of drug-likeness (QED) is 0.383. The molecule has 80 valence electrons. The van der Waals surface area contributed by atoms with Gasteiger partial charge < -0.3 is 18.4 Å². The van der Waals surface area contributed by atoms with Gasteiger partial charge in [0.15, 0.2) is 0 Å². The molecule has 0 rings (SSSR count). The molecule has 0 radical (unpaired) electrons. The van der Waals surface area contributed by atoms with E-state index >= 15 is 0 Å². The van der Waals surface area contributed by atoms with Crippen molar-refractivity contribution in [2.24, 2.45) is 0 Å². The van der Waals surface area contributed by atoms with Crippen LogP contribution in [-0.4, -0.2) is 38.8 Å². The Kier molecular flexibility index (Phi) is 7.83. The molecule has 0 aliphatic rings. The molecule has 1 atom stereocenters. The normalized spacial score (nSPS) is 16.1. The first-order valence-corrected chi connectivity index (χ1v) is 4.93. The molecule has 5 nitrogen and oxygen atoms in total. The predicted molar refractivity (Wildman–Crippen MR) is 42.9 cm³/mol. The molecular formula is C6H15NO4PW-. The van der Waals surface area contributed by atoms with E-state index in [4.69, 9.17) is 0 Å². The Labute approximate surface area is 93.5 Å². The van der Waals surface area contributed by atoms with Crippen LogP contribution in [0.1, 0.15) is 0 Å². The second-order valence-corrected chi connectivity index (χ2v) is 4.83. The van der Waals surface area contributed by atoms with E-state index in [0.29, 0.717) is 11.0 Å². The van der Waals surface area contributed by atoms with Gasteiger partial charge in [-0.2, -0.15) is 0 Å². The summed E-state index contributed by atoms with van der Waals surface area (Å²) in [6, 6.07) is 0. The number of nitrogens with zero attached hydrogens (tertiary/aromatic N) is 1. The van der Waals surface area contributed by atoms with Crippen LogP contribution in [0.2, 0.25) is 0 Å². The van der Waals surface area contributed by atoms with Gasteiger partial charge in [-0.05, 0) is 0 Å². The minimum atomic E-state index is -4.13. The number of rotatable bonds is 5. The molecule has 0 aromatic rings. The van der Waals surface area contributed by atoms with Crippen LogP contribution < -0.4 is 4.89 Å². The zero-order valence-corrected chi connectivity index (χ0v) is 11.9. The zero-order valence-electron chi connectivity index (χ0n) is 8.06. The summed E-state index contributed by atoms with van der Waals surface area (Å²) in [6.45, 7) is 0.704. The molecule has 1 unspecified atom stereocenters. The molecule has 0 fully saturated rings. The monoisotopic (exact) mass is 380 g/mol. The van der Waals surface area contributed by atoms with Gasteiger partial charge in [-0.1, -0.05) is 0 Å². The fourth-order valence-corrected chi connectivity index (χ4v) is 0.844. The third kappa shape index (κ3) is 10.7. The number of hydrogen-bond acceptors (Lipinski definition) is 4. The van der Waals surface area contributed by atoms with Gasteiger partial charge in [0.05, 0.1) is 21.1 Å². The van der Waals surface area contributed by atoms with Gasteiger partial charge in [0.1, 0.15) is 13.2 Å². The number of phosphoric ester groups is 1. The van der Waals surface area contributed by atoms with E-state index in [9.17, 15) is 9.46 Å². The SMILES string of the molecule is [CH2-]OP(=O)([O-])OCC[N+](C)(C)C.[W]. The molecule has 0 aromatic heterocycles. The van der Waals surface area contributed by atoms with Crippen molar-refractivity contribution in [1.29, 1.82) is 0 Å². The van der Waals surface area contributed by atoms with Gasteiger partial charge in [-0.15, -0.1) is 0 Å². The van der Waals surface area contributed by atoms with Crippen LogP contribution >= 0.6 is 7.82 Å². The maximum Gasteiger partial charge on any atom is 0.236 e. The molecule has 0 aliphatic carbocycles. The van der Waals surface area contributed by atoms with Crippen molar-refractivity contribution in [3.05, 3.63) is 7.11 Å². The van der Waals surface area contributed by atoms with E-state index < -0.39 is 7.82 Å². The third-order valence-corrected chi connectivity index (χ3v) is 1.98. The second-order valence-electron chi connectivity index (χ2n) is 3.42. The molecule has 0 saturated heterocycles. The van der Waals surface area contributed by atoms with Crippen molar-refractivity contribution < 1.29 is 44.1 Å². The zero-order chi connectivity index (χ0) is 9.83. The first-order valence-electron chi connectivity index (χ1n) is 3.47. The van der Waals surface area contributed by atoms with Crippen LogP contribution in [0.4, 0.5) is 0 Å². The van der Waals surface area contributed by atoms with Gasteiger partial charge in [-0.3, -0.25) is 4.57 Å². The predicted octanol–water partition coefficient (Wildman–Crippen LogP) is -0.0167. The fourth-order valence-electron chi connectivity index (χ4n) is 0.464. The molecule has 0 bridgehead atoms. The van der Waals surface area contributed by atoms with Crippen LogP contribution in [0.3, 0.4) is 0 Å². The maximum absolute atomic E-state index is 10.6. The summed E-state index contributed by atoms with van der Waals surface area (Å²) in [6.07, 6.45) is 0. The number of quaternary nitrogens is 1. The number of likely N-dealkylation sites (N-methyl/N-ethyl adjacent to an activating group) is 1. The summed E-state index contributed by atoms with van der Waals surface area (Å²) in [7, 11) is 4.44. The molecule has 0 aliphatic heterocycles. The van der Waals surface area contributed by atoms with Crippen LogP contribution in [0.15, 0.2) is 0 Å². The second kappa shape index (κ2) is 6.28. The van der Waals surface area contributed by atoms with Crippen LogP contribution in [-0.2, 0) is 34.7 Å². The molecular weight excluding hydrogens is 365 g/mol.